The molecule has 9 nitrogen and oxygen atoms in total. The fraction of sp³-hybridized carbons (Fsp3) is 0.429. The van der Waals surface area contributed by atoms with Crippen LogP contribution in [0.3, 0.4) is 0 Å². The number of aliphatic hydroxyl groups excluding tert-OH is 1. The maximum absolute atomic E-state index is 15.3. The Morgan fingerprint density at radius 3 is 2.49 bits per heavy atom. The summed E-state index contributed by atoms with van der Waals surface area (Å²) in [6, 6.07) is 12.9. The predicted octanol–water partition coefficient (Wildman–Crippen LogP) is 3.60. The van der Waals surface area contributed by atoms with Crippen LogP contribution in [0.1, 0.15) is 42.7 Å². The zero-order chi connectivity index (χ0) is 31.2. The molecule has 7 rings (SSSR count). The summed E-state index contributed by atoms with van der Waals surface area (Å²) in [4.78, 5) is 31.8. The van der Waals surface area contributed by atoms with Crippen molar-refractivity contribution >= 4 is 16.5 Å². The average Bonchev–Trinajstić information content (AvgIpc) is 3.89. The summed E-state index contributed by atoms with van der Waals surface area (Å²) in [5.41, 5.74) is 3.20. The smallest absolute Gasteiger partial charge is 0.273 e. The molecule has 0 amide bonds. The maximum atomic E-state index is 15.3. The second-order valence-electron chi connectivity index (χ2n) is 12.9. The van der Waals surface area contributed by atoms with Gasteiger partial charge in [-0.25, -0.2) is 4.39 Å². The van der Waals surface area contributed by atoms with Gasteiger partial charge >= 0.3 is 0 Å². The highest BCUT2D eigenvalue weighted by molar-refractivity contribution is 5.84. The van der Waals surface area contributed by atoms with Crippen LogP contribution < -0.4 is 21.8 Å². The minimum atomic E-state index is -0.518. The van der Waals surface area contributed by atoms with Crippen molar-refractivity contribution < 1.29 is 9.50 Å². The highest BCUT2D eigenvalue weighted by Gasteiger charge is 2.28. The molecule has 2 aromatic carbocycles. The molecule has 2 unspecified atom stereocenters. The first-order valence-corrected chi connectivity index (χ1v) is 16.0. The van der Waals surface area contributed by atoms with E-state index < -0.39 is 11.4 Å². The Hall–Kier alpha value is -3.83. The molecule has 3 aliphatic rings. The number of anilines is 1. The molecule has 45 heavy (non-hydrogen) atoms. The lowest BCUT2D eigenvalue weighted by Crippen LogP contribution is -2.56. The van der Waals surface area contributed by atoms with Crippen molar-refractivity contribution in [3.63, 3.8) is 0 Å². The highest BCUT2D eigenvalue weighted by Crippen LogP contribution is 2.41. The van der Waals surface area contributed by atoms with Crippen molar-refractivity contribution in [2.45, 2.75) is 50.4 Å². The van der Waals surface area contributed by atoms with Gasteiger partial charge in [-0.2, -0.15) is 0 Å². The summed E-state index contributed by atoms with van der Waals surface area (Å²) >= 11 is 0. The molecule has 0 radical (unpaired) electrons. The van der Waals surface area contributed by atoms with Gasteiger partial charge < -0.3 is 19.9 Å². The lowest BCUT2D eigenvalue weighted by atomic mass is 9.98. The van der Waals surface area contributed by atoms with E-state index in [2.05, 4.69) is 27.5 Å². The predicted molar refractivity (Wildman–Crippen MR) is 176 cm³/mol. The van der Waals surface area contributed by atoms with Gasteiger partial charge in [-0.05, 0) is 79.4 Å². The Kier molecular flexibility index (Phi) is 8.07. The molecular weight excluding hydrogens is 571 g/mol. The Bertz CT molecular complexity index is 1850. The molecular formula is C35H41FN6O3. The standard InChI is InChI=1S/C35H41FN6O3/c1-39-12-14-41(15-13-39)26-8-9-32(37-19-26)38-30-18-25(20-40(2)34(30)44)27-4-3-5-31(28(27)21-43)42-11-10-23-16-24(22-6-7-22)17-29(36)33(23)35(42)45/h3-5,10-11,16-18,20,22,26,32,37-38,43H,6-9,12-15,19,21H2,1-2H3. The van der Waals surface area contributed by atoms with Crippen LogP contribution in [-0.2, 0) is 13.7 Å². The number of aliphatic hydroxyl groups is 1. The van der Waals surface area contributed by atoms with Crippen molar-refractivity contribution in [2.24, 2.45) is 7.05 Å². The largest absolute Gasteiger partial charge is 0.392 e. The topological polar surface area (TPSA) is 94.8 Å². The first-order chi connectivity index (χ1) is 21.8. The van der Waals surface area contributed by atoms with Gasteiger partial charge in [0.25, 0.3) is 11.1 Å². The second kappa shape index (κ2) is 12.2. The minimum absolute atomic E-state index is 0.0354. The summed E-state index contributed by atoms with van der Waals surface area (Å²) in [5, 5.41) is 18.3. The summed E-state index contributed by atoms with van der Waals surface area (Å²) in [6.45, 7) is 4.86. The van der Waals surface area contributed by atoms with Crippen molar-refractivity contribution in [3.05, 3.63) is 92.5 Å². The zero-order valence-corrected chi connectivity index (χ0v) is 25.9. The van der Waals surface area contributed by atoms with Crippen molar-refractivity contribution in [1.29, 1.82) is 0 Å². The highest BCUT2D eigenvalue weighted by atomic mass is 19.1. The van der Waals surface area contributed by atoms with Crippen LogP contribution in [0.4, 0.5) is 10.1 Å². The number of benzene rings is 2. The number of rotatable bonds is 7. The van der Waals surface area contributed by atoms with E-state index in [-0.39, 0.29) is 23.7 Å². The fourth-order valence-corrected chi connectivity index (χ4v) is 7.04. The van der Waals surface area contributed by atoms with Crippen LogP contribution in [0, 0.1) is 5.82 Å². The van der Waals surface area contributed by atoms with E-state index in [1.165, 1.54) is 15.2 Å². The molecule has 1 aliphatic carbocycles. The van der Waals surface area contributed by atoms with Gasteiger partial charge in [0.1, 0.15) is 11.5 Å². The van der Waals surface area contributed by atoms with Crippen LogP contribution in [0.25, 0.3) is 27.6 Å². The van der Waals surface area contributed by atoms with Gasteiger partial charge in [0.2, 0.25) is 0 Å². The fourth-order valence-electron chi connectivity index (χ4n) is 7.04. The molecule has 2 atom stereocenters. The number of aromatic nitrogens is 2. The van der Waals surface area contributed by atoms with E-state index in [1.54, 1.807) is 31.6 Å². The van der Waals surface area contributed by atoms with E-state index in [9.17, 15) is 14.7 Å². The van der Waals surface area contributed by atoms with E-state index in [0.29, 0.717) is 39.8 Å². The van der Waals surface area contributed by atoms with Crippen LogP contribution >= 0.6 is 0 Å². The molecule has 2 aromatic heterocycles. The second-order valence-corrected chi connectivity index (χ2v) is 12.9. The Morgan fingerprint density at radius 1 is 0.978 bits per heavy atom. The number of pyridine rings is 2. The van der Waals surface area contributed by atoms with E-state index >= 15 is 4.39 Å². The first-order valence-electron chi connectivity index (χ1n) is 16.0. The summed E-state index contributed by atoms with van der Waals surface area (Å²) in [7, 11) is 3.88. The molecule has 4 heterocycles. The summed E-state index contributed by atoms with van der Waals surface area (Å²) in [5.74, 6) is -0.145. The molecule has 236 valence electrons. The summed E-state index contributed by atoms with van der Waals surface area (Å²) in [6.07, 6.45) is 7.39. The number of hydrogen-bond acceptors (Lipinski definition) is 7. The molecule has 2 aliphatic heterocycles. The van der Waals surface area contributed by atoms with Gasteiger partial charge in [-0.15, -0.1) is 0 Å². The average molecular weight is 613 g/mol. The number of fused-ring (bicyclic) bond motifs is 1. The third-order valence-electron chi connectivity index (χ3n) is 9.86. The van der Waals surface area contributed by atoms with Crippen molar-refractivity contribution in [2.75, 3.05) is 45.1 Å². The number of piperidine rings is 1. The minimum Gasteiger partial charge on any atom is -0.392 e. The zero-order valence-electron chi connectivity index (χ0n) is 25.9. The number of nitrogens with one attached hydrogen (secondary N) is 2. The monoisotopic (exact) mass is 612 g/mol. The van der Waals surface area contributed by atoms with Crippen LogP contribution in [0.15, 0.2) is 64.4 Å². The van der Waals surface area contributed by atoms with Crippen LogP contribution in [0.2, 0.25) is 0 Å². The van der Waals surface area contributed by atoms with Crippen molar-refractivity contribution in [1.82, 2.24) is 24.3 Å². The molecule has 4 aromatic rings. The van der Waals surface area contributed by atoms with E-state index in [4.69, 9.17) is 0 Å². The third kappa shape index (κ3) is 5.83. The quantitative estimate of drug-likeness (QED) is 0.294. The molecule has 10 heteroatoms. The van der Waals surface area contributed by atoms with Gasteiger partial charge in [-0.3, -0.25) is 24.4 Å². The lowest BCUT2D eigenvalue weighted by Gasteiger charge is -2.41. The first kappa shape index (κ1) is 29.9. The van der Waals surface area contributed by atoms with E-state index in [1.807, 2.05) is 24.3 Å². The molecule has 2 saturated heterocycles. The number of halogens is 1. The Labute approximate surface area is 261 Å². The molecule has 3 N–H and O–H groups in total. The third-order valence-corrected chi connectivity index (χ3v) is 9.86. The summed E-state index contributed by atoms with van der Waals surface area (Å²) < 4.78 is 18.2. The molecule has 0 spiro atoms. The number of piperazine rings is 1. The SMILES string of the molecule is CN1CCN(C2CCC(Nc3cc(-c4cccc(-n5ccc6cc(C7CC7)cc(F)c6c5=O)c4CO)cn(C)c3=O)NC2)CC1. The molecule has 3 fully saturated rings. The Morgan fingerprint density at radius 2 is 1.78 bits per heavy atom. The van der Waals surface area contributed by atoms with Gasteiger partial charge in [-0.1, -0.05) is 18.2 Å². The number of aryl methyl sites for hydroxylation is 1. The molecule has 0 bridgehead atoms. The van der Waals surface area contributed by atoms with Crippen LogP contribution in [-0.4, -0.2) is 76.0 Å². The number of likely N-dealkylation sites (N-methyl/N-ethyl adjacent to an activating group) is 1. The maximum Gasteiger partial charge on any atom is 0.273 e. The van der Waals surface area contributed by atoms with Gasteiger partial charge in [0.15, 0.2) is 0 Å². The van der Waals surface area contributed by atoms with Gasteiger partial charge in [0, 0.05) is 69.3 Å². The lowest BCUT2D eigenvalue weighted by molar-refractivity contribution is 0.0924. The van der Waals surface area contributed by atoms with Gasteiger partial charge in [0.05, 0.1) is 23.8 Å². The Balaban J connectivity index is 1.17. The number of hydrogen-bond donors (Lipinski definition) is 3. The normalized spacial score (nSPS) is 21.3. The van der Waals surface area contributed by atoms with Crippen molar-refractivity contribution in [3.8, 4) is 16.8 Å². The van der Waals surface area contributed by atoms with Crippen LogP contribution in [0.5, 0.6) is 0 Å². The number of nitrogens with zero attached hydrogens (tertiary/aromatic N) is 4. The van der Waals surface area contributed by atoms with E-state index in [0.717, 1.165) is 69.5 Å². The molecule has 1 saturated carbocycles.